The molecule has 1 heterocycles. The molecule has 0 fully saturated rings. The number of hydrogen-bond donors (Lipinski definition) is 1. The van der Waals surface area contributed by atoms with Gasteiger partial charge >= 0.3 is 0 Å². The fourth-order valence-corrected chi connectivity index (χ4v) is 1.90. The monoisotopic (exact) mass is 275 g/mol. The van der Waals surface area contributed by atoms with Crippen molar-refractivity contribution < 1.29 is 4.79 Å². The van der Waals surface area contributed by atoms with E-state index in [4.69, 9.17) is 17.3 Å². The van der Waals surface area contributed by atoms with Gasteiger partial charge in [0.15, 0.2) is 0 Å². The van der Waals surface area contributed by atoms with Gasteiger partial charge in [0.05, 0.1) is 5.56 Å². The van der Waals surface area contributed by atoms with Crippen LogP contribution in [0.3, 0.4) is 0 Å². The topological polar surface area (TPSA) is 59.2 Å². The van der Waals surface area contributed by atoms with Crippen LogP contribution in [0.4, 0.5) is 5.82 Å². The number of amides is 1. The number of halogens is 1. The Bertz CT molecular complexity index is 583. The molecule has 98 valence electrons. The summed E-state index contributed by atoms with van der Waals surface area (Å²) in [4.78, 5) is 17.7. The van der Waals surface area contributed by atoms with E-state index in [1.807, 2.05) is 18.2 Å². The Hall–Kier alpha value is -2.07. The van der Waals surface area contributed by atoms with Gasteiger partial charge in [-0.15, -0.1) is 0 Å². The van der Waals surface area contributed by atoms with E-state index >= 15 is 0 Å². The smallest absolute Gasteiger partial charge is 0.255 e. The summed E-state index contributed by atoms with van der Waals surface area (Å²) >= 11 is 6.07. The first-order valence-corrected chi connectivity index (χ1v) is 6.16. The molecular weight excluding hydrogens is 262 g/mol. The zero-order valence-corrected chi connectivity index (χ0v) is 11.3. The largest absolute Gasteiger partial charge is 0.384 e. The van der Waals surface area contributed by atoms with Crippen molar-refractivity contribution in [2.24, 2.45) is 0 Å². The average Bonchev–Trinajstić information content (AvgIpc) is 2.41. The summed E-state index contributed by atoms with van der Waals surface area (Å²) in [6.45, 7) is 0.447. The minimum atomic E-state index is -0.118. The van der Waals surface area contributed by atoms with Crippen LogP contribution in [0.25, 0.3) is 0 Å². The lowest BCUT2D eigenvalue weighted by Crippen LogP contribution is -2.26. The minimum Gasteiger partial charge on any atom is -0.384 e. The van der Waals surface area contributed by atoms with E-state index in [2.05, 4.69) is 4.98 Å². The summed E-state index contributed by atoms with van der Waals surface area (Å²) in [7, 11) is 1.72. The number of carbonyl (C=O) groups excluding carboxylic acids is 1. The second kappa shape index (κ2) is 5.71. The summed E-state index contributed by atoms with van der Waals surface area (Å²) in [5.74, 6) is 0.276. The van der Waals surface area contributed by atoms with E-state index < -0.39 is 0 Å². The Morgan fingerprint density at radius 2 is 2.05 bits per heavy atom. The molecule has 0 saturated heterocycles. The maximum Gasteiger partial charge on any atom is 0.255 e. The van der Waals surface area contributed by atoms with E-state index in [1.54, 1.807) is 30.1 Å². The van der Waals surface area contributed by atoms with Crippen molar-refractivity contribution in [3.05, 3.63) is 58.7 Å². The summed E-state index contributed by atoms with van der Waals surface area (Å²) in [6, 6.07) is 10.7. The molecule has 5 heteroatoms. The van der Waals surface area contributed by atoms with Crippen LogP contribution in [0.1, 0.15) is 15.9 Å². The zero-order valence-electron chi connectivity index (χ0n) is 10.5. The Morgan fingerprint density at radius 3 is 2.68 bits per heavy atom. The molecule has 1 amide bonds. The third-order valence-corrected chi connectivity index (χ3v) is 3.11. The predicted octanol–water partition coefficient (Wildman–Crippen LogP) is 2.59. The van der Waals surface area contributed by atoms with E-state index in [9.17, 15) is 4.79 Å². The number of anilines is 1. The molecule has 0 aliphatic rings. The predicted molar refractivity (Wildman–Crippen MR) is 75.9 cm³/mol. The summed E-state index contributed by atoms with van der Waals surface area (Å²) in [5.41, 5.74) is 6.90. The van der Waals surface area contributed by atoms with Gasteiger partial charge in [0, 0.05) is 24.8 Å². The maximum absolute atomic E-state index is 12.2. The highest BCUT2D eigenvalue weighted by atomic mass is 35.5. The van der Waals surface area contributed by atoms with Crippen molar-refractivity contribution >= 4 is 23.3 Å². The number of nitrogen functional groups attached to an aromatic ring is 1. The molecule has 1 aromatic heterocycles. The quantitative estimate of drug-likeness (QED) is 0.937. The third-order valence-electron chi connectivity index (χ3n) is 2.75. The molecule has 0 aliphatic carbocycles. The molecule has 1 aromatic carbocycles. The molecule has 0 bridgehead atoms. The zero-order chi connectivity index (χ0) is 13.8. The van der Waals surface area contributed by atoms with Gasteiger partial charge in [0.2, 0.25) is 0 Å². The number of rotatable bonds is 3. The number of nitrogens with zero attached hydrogens (tertiary/aromatic N) is 2. The summed E-state index contributed by atoms with van der Waals surface area (Å²) < 4.78 is 0. The van der Waals surface area contributed by atoms with Crippen molar-refractivity contribution in [1.29, 1.82) is 0 Å². The minimum absolute atomic E-state index is 0.118. The maximum atomic E-state index is 12.2. The van der Waals surface area contributed by atoms with Crippen molar-refractivity contribution in [2.75, 3.05) is 12.8 Å². The lowest BCUT2D eigenvalue weighted by Gasteiger charge is -2.18. The molecule has 2 aromatic rings. The van der Waals surface area contributed by atoms with Crippen LogP contribution < -0.4 is 5.73 Å². The van der Waals surface area contributed by atoms with Gasteiger partial charge in [-0.05, 0) is 23.8 Å². The van der Waals surface area contributed by atoms with Crippen LogP contribution in [-0.4, -0.2) is 22.8 Å². The summed E-state index contributed by atoms with van der Waals surface area (Å²) in [5, 5.41) is 0.651. The molecule has 0 saturated carbocycles. The second-order valence-electron chi connectivity index (χ2n) is 4.22. The lowest BCUT2D eigenvalue weighted by molar-refractivity contribution is 0.0785. The van der Waals surface area contributed by atoms with Crippen LogP contribution in [0, 0.1) is 0 Å². The molecule has 4 nitrogen and oxygen atoms in total. The summed E-state index contributed by atoms with van der Waals surface area (Å²) in [6.07, 6.45) is 1.47. The molecule has 19 heavy (non-hydrogen) atoms. The lowest BCUT2D eigenvalue weighted by atomic mass is 10.2. The van der Waals surface area contributed by atoms with Crippen LogP contribution in [0.5, 0.6) is 0 Å². The molecule has 0 atom stereocenters. The standard InChI is InChI=1S/C14H14ClN3O/c1-18(9-11-4-2-3-5-12(11)15)14(19)10-6-7-13(16)17-8-10/h2-8H,9H2,1H3,(H2,16,17). The number of aromatic nitrogens is 1. The highest BCUT2D eigenvalue weighted by Gasteiger charge is 2.13. The van der Waals surface area contributed by atoms with Gasteiger partial charge < -0.3 is 10.6 Å². The Balaban J connectivity index is 2.12. The van der Waals surface area contributed by atoms with Crippen molar-refractivity contribution in [3.8, 4) is 0 Å². The number of pyridine rings is 1. The molecule has 0 radical (unpaired) electrons. The molecule has 0 unspecified atom stereocenters. The number of nitrogens with two attached hydrogens (primary N) is 1. The Morgan fingerprint density at radius 1 is 1.32 bits per heavy atom. The first-order valence-electron chi connectivity index (χ1n) is 5.78. The van der Waals surface area contributed by atoms with Crippen molar-refractivity contribution in [3.63, 3.8) is 0 Å². The van der Waals surface area contributed by atoms with Gasteiger partial charge in [-0.1, -0.05) is 29.8 Å². The van der Waals surface area contributed by atoms with Crippen LogP contribution >= 0.6 is 11.6 Å². The molecule has 2 rings (SSSR count). The number of benzene rings is 1. The fourth-order valence-electron chi connectivity index (χ4n) is 1.71. The first kappa shape index (κ1) is 13.4. The van der Waals surface area contributed by atoms with Crippen molar-refractivity contribution in [1.82, 2.24) is 9.88 Å². The average molecular weight is 276 g/mol. The van der Waals surface area contributed by atoms with Crippen LogP contribution in [0.2, 0.25) is 5.02 Å². The van der Waals surface area contributed by atoms with Crippen molar-refractivity contribution in [2.45, 2.75) is 6.54 Å². The Kier molecular flexibility index (Phi) is 4.02. The Labute approximate surface area is 116 Å². The van der Waals surface area contributed by atoms with Gasteiger partial charge in [-0.25, -0.2) is 4.98 Å². The highest BCUT2D eigenvalue weighted by Crippen LogP contribution is 2.17. The third kappa shape index (κ3) is 3.23. The number of hydrogen-bond acceptors (Lipinski definition) is 3. The van der Waals surface area contributed by atoms with Gasteiger partial charge in [-0.2, -0.15) is 0 Å². The van der Waals surface area contributed by atoms with E-state index in [0.717, 1.165) is 5.56 Å². The number of carbonyl (C=O) groups is 1. The molecule has 0 spiro atoms. The molecular formula is C14H14ClN3O. The van der Waals surface area contributed by atoms with E-state index in [0.29, 0.717) is 22.9 Å². The van der Waals surface area contributed by atoms with Crippen LogP contribution in [-0.2, 0) is 6.54 Å². The fraction of sp³-hybridized carbons (Fsp3) is 0.143. The molecule has 0 aliphatic heterocycles. The van der Waals surface area contributed by atoms with Crippen LogP contribution in [0.15, 0.2) is 42.6 Å². The normalized spacial score (nSPS) is 10.2. The van der Waals surface area contributed by atoms with Gasteiger partial charge in [-0.3, -0.25) is 4.79 Å². The van der Waals surface area contributed by atoms with Gasteiger partial charge in [0.25, 0.3) is 5.91 Å². The van der Waals surface area contributed by atoms with E-state index in [-0.39, 0.29) is 5.91 Å². The SMILES string of the molecule is CN(Cc1ccccc1Cl)C(=O)c1ccc(N)nc1. The molecule has 2 N–H and O–H groups in total. The van der Waals surface area contributed by atoms with Gasteiger partial charge in [0.1, 0.15) is 5.82 Å². The highest BCUT2D eigenvalue weighted by molar-refractivity contribution is 6.31. The second-order valence-corrected chi connectivity index (χ2v) is 4.63. The van der Waals surface area contributed by atoms with E-state index in [1.165, 1.54) is 6.20 Å². The first-order chi connectivity index (χ1) is 9.08.